The zero-order chi connectivity index (χ0) is 18.5. The van der Waals surface area contributed by atoms with Gasteiger partial charge in [-0.05, 0) is 60.7 Å². The van der Waals surface area contributed by atoms with Crippen LogP contribution in [0.5, 0.6) is 5.75 Å². The monoisotopic (exact) mass is 363 g/mol. The van der Waals surface area contributed by atoms with Gasteiger partial charge in [0.15, 0.2) is 0 Å². The first kappa shape index (κ1) is 17.3. The van der Waals surface area contributed by atoms with Crippen LogP contribution >= 0.6 is 11.6 Å². The Labute approximate surface area is 155 Å². The Morgan fingerprint density at radius 1 is 1.15 bits per heavy atom. The fourth-order valence-electron chi connectivity index (χ4n) is 2.42. The van der Waals surface area contributed by atoms with Gasteiger partial charge in [-0.2, -0.15) is 5.26 Å². The van der Waals surface area contributed by atoms with Crippen molar-refractivity contribution in [3.05, 3.63) is 83.2 Å². The minimum Gasteiger partial charge on any atom is -0.508 e. The Kier molecular flexibility index (Phi) is 5.07. The second kappa shape index (κ2) is 7.60. The molecule has 0 atom stereocenters. The minimum atomic E-state index is -0.520. The molecule has 1 amide bonds. The van der Waals surface area contributed by atoms with Crippen LogP contribution in [0.4, 0.5) is 5.69 Å². The lowest BCUT2D eigenvalue weighted by Crippen LogP contribution is -2.13. The van der Waals surface area contributed by atoms with Crippen LogP contribution in [0.2, 0.25) is 5.02 Å². The number of aromatic hydroxyl groups is 1. The van der Waals surface area contributed by atoms with Crippen LogP contribution in [0.1, 0.15) is 5.69 Å². The maximum absolute atomic E-state index is 12.4. The molecule has 0 aliphatic heterocycles. The number of nitrogens with zero attached hydrogens (tertiary/aromatic N) is 2. The number of aromatic nitrogens is 1. The normalized spacial score (nSPS) is 11.0. The quantitative estimate of drug-likeness (QED) is 0.533. The van der Waals surface area contributed by atoms with Crippen molar-refractivity contribution in [1.82, 2.24) is 4.57 Å². The fraction of sp³-hybridized carbons (Fsp3) is 0. The van der Waals surface area contributed by atoms with Gasteiger partial charge >= 0.3 is 0 Å². The highest BCUT2D eigenvalue weighted by atomic mass is 35.5. The van der Waals surface area contributed by atoms with Crippen molar-refractivity contribution in [3.63, 3.8) is 0 Å². The van der Waals surface area contributed by atoms with Crippen molar-refractivity contribution in [3.8, 4) is 17.5 Å². The number of hydrogen-bond acceptors (Lipinski definition) is 3. The lowest BCUT2D eigenvalue weighted by atomic mass is 10.2. The predicted octanol–water partition coefficient (Wildman–Crippen LogP) is 4.38. The minimum absolute atomic E-state index is 0.0382. The molecule has 3 aromatic rings. The molecule has 128 valence electrons. The predicted molar refractivity (Wildman–Crippen MR) is 101 cm³/mol. The highest BCUT2D eigenvalue weighted by molar-refractivity contribution is 6.31. The summed E-state index contributed by atoms with van der Waals surface area (Å²) in [6.45, 7) is 0. The molecule has 0 saturated heterocycles. The van der Waals surface area contributed by atoms with E-state index in [1.165, 1.54) is 6.08 Å². The third kappa shape index (κ3) is 3.94. The van der Waals surface area contributed by atoms with Gasteiger partial charge < -0.3 is 15.0 Å². The van der Waals surface area contributed by atoms with Crippen molar-refractivity contribution in [2.24, 2.45) is 0 Å². The summed E-state index contributed by atoms with van der Waals surface area (Å²) in [5.41, 5.74) is 1.93. The molecule has 5 nitrogen and oxygen atoms in total. The topological polar surface area (TPSA) is 78.1 Å². The highest BCUT2D eigenvalue weighted by Crippen LogP contribution is 2.19. The molecule has 2 N–H and O–H groups in total. The van der Waals surface area contributed by atoms with Crippen LogP contribution in [-0.4, -0.2) is 15.6 Å². The van der Waals surface area contributed by atoms with Crippen molar-refractivity contribution in [2.75, 3.05) is 5.32 Å². The molecule has 3 rings (SSSR count). The summed E-state index contributed by atoms with van der Waals surface area (Å²) in [6.07, 6.45) is 3.31. The molecule has 0 spiro atoms. The van der Waals surface area contributed by atoms with Crippen molar-refractivity contribution in [2.45, 2.75) is 0 Å². The summed E-state index contributed by atoms with van der Waals surface area (Å²) in [5.74, 6) is -0.357. The number of amides is 1. The van der Waals surface area contributed by atoms with Crippen LogP contribution in [0.25, 0.3) is 11.8 Å². The second-order valence-electron chi connectivity index (χ2n) is 5.45. The molecule has 0 radical (unpaired) electrons. The molecular weight excluding hydrogens is 350 g/mol. The average Bonchev–Trinajstić information content (AvgIpc) is 3.08. The van der Waals surface area contributed by atoms with E-state index in [2.05, 4.69) is 5.32 Å². The smallest absolute Gasteiger partial charge is 0.266 e. The van der Waals surface area contributed by atoms with Gasteiger partial charge in [0, 0.05) is 28.3 Å². The van der Waals surface area contributed by atoms with Crippen molar-refractivity contribution < 1.29 is 9.90 Å². The summed E-state index contributed by atoms with van der Waals surface area (Å²) in [7, 11) is 0. The van der Waals surface area contributed by atoms with Gasteiger partial charge in [-0.1, -0.05) is 17.7 Å². The molecule has 6 heteroatoms. The third-order valence-electron chi connectivity index (χ3n) is 3.65. The zero-order valence-electron chi connectivity index (χ0n) is 13.6. The van der Waals surface area contributed by atoms with E-state index in [0.717, 1.165) is 5.69 Å². The summed E-state index contributed by atoms with van der Waals surface area (Å²) >= 11 is 5.90. The van der Waals surface area contributed by atoms with Gasteiger partial charge in [0.2, 0.25) is 0 Å². The molecule has 0 saturated carbocycles. The van der Waals surface area contributed by atoms with E-state index in [0.29, 0.717) is 16.4 Å². The number of rotatable bonds is 4. The Morgan fingerprint density at radius 2 is 1.92 bits per heavy atom. The van der Waals surface area contributed by atoms with Crippen LogP contribution in [0.3, 0.4) is 0 Å². The molecule has 1 heterocycles. The number of anilines is 1. The maximum Gasteiger partial charge on any atom is 0.266 e. The molecule has 0 bridgehead atoms. The van der Waals surface area contributed by atoms with Crippen LogP contribution in [0.15, 0.2) is 72.4 Å². The van der Waals surface area contributed by atoms with Crippen molar-refractivity contribution >= 4 is 29.3 Å². The van der Waals surface area contributed by atoms with E-state index in [9.17, 15) is 15.2 Å². The highest BCUT2D eigenvalue weighted by Gasteiger charge is 2.11. The second-order valence-corrected chi connectivity index (χ2v) is 5.89. The Bertz CT molecular complexity index is 1010. The van der Waals surface area contributed by atoms with E-state index in [1.807, 2.05) is 22.9 Å². The van der Waals surface area contributed by atoms with E-state index in [1.54, 1.807) is 54.6 Å². The van der Waals surface area contributed by atoms with Gasteiger partial charge in [0.05, 0.1) is 0 Å². The molecule has 0 fully saturated rings. The summed E-state index contributed by atoms with van der Waals surface area (Å²) in [5, 5.41) is 21.9. The molecule has 0 aliphatic rings. The molecule has 0 aliphatic carbocycles. The standard InChI is InChI=1S/C20H14ClN3O2/c21-15-3-1-4-16(12-15)23-20(26)14(13-22)11-18-5-2-10-24(18)17-6-8-19(25)9-7-17/h1-12,25H,(H,23,26)/b14-11-. The lowest BCUT2D eigenvalue weighted by Gasteiger charge is -2.08. The van der Waals surface area contributed by atoms with Crippen LogP contribution in [-0.2, 0) is 4.79 Å². The van der Waals surface area contributed by atoms with E-state index >= 15 is 0 Å². The average molecular weight is 364 g/mol. The number of carbonyl (C=O) groups excluding carboxylic acids is 1. The Hall–Kier alpha value is -3.49. The van der Waals surface area contributed by atoms with E-state index in [4.69, 9.17) is 11.6 Å². The van der Waals surface area contributed by atoms with E-state index < -0.39 is 5.91 Å². The number of nitriles is 1. The summed E-state index contributed by atoms with van der Waals surface area (Å²) < 4.78 is 1.81. The van der Waals surface area contributed by atoms with Crippen LogP contribution in [0, 0.1) is 11.3 Å². The third-order valence-corrected chi connectivity index (χ3v) is 3.88. The maximum atomic E-state index is 12.4. The first-order valence-corrected chi connectivity index (χ1v) is 8.10. The molecule has 26 heavy (non-hydrogen) atoms. The molecule has 0 unspecified atom stereocenters. The number of nitrogens with one attached hydrogen (secondary N) is 1. The SMILES string of the molecule is N#C/C(=C/c1cccn1-c1ccc(O)cc1)C(=O)Nc1cccc(Cl)c1. The molecular formula is C20H14ClN3O2. The lowest BCUT2D eigenvalue weighted by molar-refractivity contribution is -0.112. The number of carbonyl (C=O) groups is 1. The van der Waals surface area contributed by atoms with Crippen LogP contribution < -0.4 is 5.32 Å². The Balaban J connectivity index is 1.88. The van der Waals surface area contributed by atoms with Gasteiger partial charge in [0.25, 0.3) is 5.91 Å². The number of hydrogen-bond donors (Lipinski definition) is 2. The van der Waals surface area contributed by atoms with Gasteiger partial charge in [-0.25, -0.2) is 0 Å². The number of benzene rings is 2. The van der Waals surface area contributed by atoms with Crippen molar-refractivity contribution in [1.29, 1.82) is 5.26 Å². The number of phenols is 1. The molecule has 1 aromatic heterocycles. The number of phenolic OH excluding ortho intramolecular Hbond substituents is 1. The van der Waals surface area contributed by atoms with Gasteiger partial charge in [-0.3, -0.25) is 4.79 Å². The molecule has 2 aromatic carbocycles. The van der Waals surface area contributed by atoms with Gasteiger partial charge in [-0.15, -0.1) is 0 Å². The first-order chi connectivity index (χ1) is 12.6. The van der Waals surface area contributed by atoms with E-state index in [-0.39, 0.29) is 11.3 Å². The summed E-state index contributed by atoms with van der Waals surface area (Å²) in [6, 6.07) is 18.8. The van der Waals surface area contributed by atoms with Gasteiger partial charge in [0.1, 0.15) is 17.4 Å². The first-order valence-electron chi connectivity index (χ1n) is 7.72. The largest absolute Gasteiger partial charge is 0.508 e. The Morgan fingerprint density at radius 3 is 2.62 bits per heavy atom. The zero-order valence-corrected chi connectivity index (χ0v) is 14.3. The number of halogens is 1. The summed E-state index contributed by atoms with van der Waals surface area (Å²) in [4.78, 5) is 12.4. The fourth-order valence-corrected chi connectivity index (χ4v) is 2.61.